The van der Waals surface area contributed by atoms with Crippen molar-refractivity contribution in [2.75, 3.05) is 14.2 Å². The smallest absolute Gasteiger partial charge is 0.290 e. The predicted octanol–water partition coefficient (Wildman–Crippen LogP) is 1.40. The van der Waals surface area contributed by atoms with E-state index >= 15 is 0 Å². The Kier molecular flexibility index (Phi) is 6.05. The van der Waals surface area contributed by atoms with Gasteiger partial charge in [0.25, 0.3) is 6.47 Å². The van der Waals surface area contributed by atoms with Crippen LogP contribution in [0, 0.1) is 0 Å². The number of ether oxygens (including phenoxy) is 2. The van der Waals surface area contributed by atoms with E-state index in [0.29, 0.717) is 0 Å². The number of carboxylic acid groups (broad SMARTS) is 1. The number of carbonyl (C=O) groups is 1. The van der Waals surface area contributed by atoms with Gasteiger partial charge in [-0.25, -0.2) is 0 Å². The van der Waals surface area contributed by atoms with E-state index in [1.165, 1.54) is 0 Å². The molecule has 4 nitrogen and oxygen atoms in total. The van der Waals surface area contributed by atoms with Crippen molar-refractivity contribution in [2.45, 2.75) is 0 Å². The third kappa shape index (κ3) is 4.68. The number of hydrogen-bond donors (Lipinski definition) is 1. The van der Waals surface area contributed by atoms with E-state index < -0.39 is 0 Å². The largest absolute Gasteiger partial charge is 0.497 e. The van der Waals surface area contributed by atoms with Crippen LogP contribution in [0.15, 0.2) is 24.3 Å². The normalized spacial score (nSPS) is 7.85. The molecule has 0 amide bonds. The molecule has 1 rings (SSSR count). The first kappa shape index (κ1) is 11.3. The Morgan fingerprint density at radius 2 is 1.62 bits per heavy atom. The highest BCUT2D eigenvalue weighted by atomic mass is 16.5. The molecule has 13 heavy (non-hydrogen) atoms. The van der Waals surface area contributed by atoms with Gasteiger partial charge >= 0.3 is 0 Å². The standard InChI is InChI=1S/C8H10O2.CH2O2/c1-9-7-4-3-5-8(6-7)10-2;2-1-3/h3-6H,1-2H3;1H,(H,2,3). The van der Waals surface area contributed by atoms with E-state index in [2.05, 4.69) is 0 Å². The van der Waals surface area contributed by atoms with Crippen molar-refractivity contribution in [3.05, 3.63) is 24.3 Å². The number of benzene rings is 1. The van der Waals surface area contributed by atoms with Crippen LogP contribution in [0.1, 0.15) is 0 Å². The van der Waals surface area contributed by atoms with E-state index in [9.17, 15) is 0 Å². The van der Waals surface area contributed by atoms with Gasteiger partial charge in [-0.2, -0.15) is 0 Å². The zero-order valence-corrected chi connectivity index (χ0v) is 7.56. The molecule has 0 saturated carbocycles. The van der Waals surface area contributed by atoms with Gasteiger partial charge in [0, 0.05) is 6.07 Å². The van der Waals surface area contributed by atoms with Gasteiger partial charge in [0.2, 0.25) is 0 Å². The van der Waals surface area contributed by atoms with Crippen molar-refractivity contribution < 1.29 is 19.4 Å². The Morgan fingerprint density at radius 3 is 1.92 bits per heavy atom. The van der Waals surface area contributed by atoms with Crippen LogP contribution in [-0.4, -0.2) is 25.8 Å². The van der Waals surface area contributed by atoms with E-state index in [-0.39, 0.29) is 6.47 Å². The van der Waals surface area contributed by atoms with Crippen molar-refractivity contribution in [3.8, 4) is 11.5 Å². The molecule has 4 heteroatoms. The van der Waals surface area contributed by atoms with Crippen molar-refractivity contribution >= 4 is 6.47 Å². The lowest BCUT2D eigenvalue weighted by molar-refractivity contribution is -0.122. The number of rotatable bonds is 2. The minimum atomic E-state index is -0.250. The average Bonchev–Trinajstić information content (AvgIpc) is 2.19. The van der Waals surface area contributed by atoms with Crippen LogP contribution in [-0.2, 0) is 4.79 Å². The summed E-state index contributed by atoms with van der Waals surface area (Å²) in [6.45, 7) is -0.250. The summed E-state index contributed by atoms with van der Waals surface area (Å²) in [4.78, 5) is 8.36. The first-order valence-corrected chi connectivity index (χ1v) is 3.54. The lowest BCUT2D eigenvalue weighted by Crippen LogP contribution is -1.84. The van der Waals surface area contributed by atoms with Crippen LogP contribution < -0.4 is 9.47 Å². The molecule has 72 valence electrons. The molecule has 1 aromatic carbocycles. The molecule has 0 aliphatic heterocycles. The second-order valence-electron chi connectivity index (χ2n) is 1.99. The third-order valence-electron chi connectivity index (χ3n) is 1.28. The second-order valence-corrected chi connectivity index (χ2v) is 1.99. The molecule has 0 unspecified atom stereocenters. The quantitative estimate of drug-likeness (QED) is 0.706. The van der Waals surface area contributed by atoms with E-state index in [0.717, 1.165) is 11.5 Å². The fourth-order valence-corrected chi connectivity index (χ4v) is 0.728. The maximum Gasteiger partial charge on any atom is 0.290 e. The second kappa shape index (κ2) is 6.97. The first-order chi connectivity index (χ1) is 6.28. The molecule has 1 N–H and O–H groups in total. The van der Waals surface area contributed by atoms with Crippen LogP contribution in [0.25, 0.3) is 0 Å². The molecule has 0 aliphatic rings. The highest BCUT2D eigenvalue weighted by Crippen LogP contribution is 2.17. The Balaban J connectivity index is 0.000000424. The zero-order chi connectivity index (χ0) is 10.1. The molecule has 0 bridgehead atoms. The molecular formula is C9H12O4. The van der Waals surface area contributed by atoms with Gasteiger partial charge in [0.15, 0.2) is 0 Å². The summed E-state index contributed by atoms with van der Waals surface area (Å²) in [5.41, 5.74) is 0. The van der Waals surface area contributed by atoms with Crippen LogP contribution >= 0.6 is 0 Å². The van der Waals surface area contributed by atoms with Gasteiger partial charge in [-0.3, -0.25) is 4.79 Å². The average molecular weight is 184 g/mol. The predicted molar refractivity (Wildman–Crippen MR) is 48.2 cm³/mol. The summed E-state index contributed by atoms with van der Waals surface area (Å²) < 4.78 is 9.95. The third-order valence-corrected chi connectivity index (χ3v) is 1.28. The zero-order valence-electron chi connectivity index (χ0n) is 7.56. The Hall–Kier alpha value is -1.71. The molecule has 0 heterocycles. The maximum absolute atomic E-state index is 8.36. The maximum atomic E-state index is 8.36. The summed E-state index contributed by atoms with van der Waals surface area (Å²) in [6, 6.07) is 7.47. The van der Waals surface area contributed by atoms with Crippen molar-refractivity contribution in [1.29, 1.82) is 0 Å². The van der Waals surface area contributed by atoms with Gasteiger partial charge < -0.3 is 14.6 Å². The van der Waals surface area contributed by atoms with E-state index in [4.69, 9.17) is 19.4 Å². The fraction of sp³-hybridized carbons (Fsp3) is 0.222. The molecule has 1 aromatic rings. The van der Waals surface area contributed by atoms with Crippen molar-refractivity contribution in [2.24, 2.45) is 0 Å². The first-order valence-electron chi connectivity index (χ1n) is 3.54. The molecule has 0 spiro atoms. The topological polar surface area (TPSA) is 55.8 Å². The Morgan fingerprint density at radius 1 is 1.23 bits per heavy atom. The fourth-order valence-electron chi connectivity index (χ4n) is 0.728. The summed E-state index contributed by atoms with van der Waals surface area (Å²) in [5.74, 6) is 1.64. The molecule has 0 atom stereocenters. The Bertz CT molecular complexity index is 228. The van der Waals surface area contributed by atoms with Crippen LogP contribution in [0.5, 0.6) is 11.5 Å². The molecule has 0 aliphatic carbocycles. The summed E-state index contributed by atoms with van der Waals surface area (Å²) in [6.07, 6.45) is 0. The highest BCUT2D eigenvalue weighted by molar-refractivity contribution is 5.33. The lowest BCUT2D eigenvalue weighted by Gasteiger charge is -2.01. The Labute approximate surface area is 76.7 Å². The monoisotopic (exact) mass is 184 g/mol. The van der Waals surface area contributed by atoms with Gasteiger partial charge in [-0.05, 0) is 12.1 Å². The van der Waals surface area contributed by atoms with Crippen molar-refractivity contribution in [1.82, 2.24) is 0 Å². The molecular weight excluding hydrogens is 172 g/mol. The lowest BCUT2D eigenvalue weighted by atomic mass is 10.3. The molecule has 0 aromatic heterocycles. The minimum Gasteiger partial charge on any atom is -0.497 e. The molecule has 0 radical (unpaired) electrons. The van der Waals surface area contributed by atoms with Crippen molar-refractivity contribution in [3.63, 3.8) is 0 Å². The van der Waals surface area contributed by atoms with Gasteiger partial charge in [-0.15, -0.1) is 0 Å². The molecule has 0 saturated heterocycles. The van der Waals surface area contributed by atoms with Gasteiger partial charge in [0.1, 0.15) is 11.5 Å². The number of hydrogen-bond acceptors (Lipinski definition) is 3. The number of methoxy groups -OCH3 is 2. The summed E-state index contributed by atoms with van der Waals surface area (Å²) >= 11 is 0. The summed E-state index contributed by atoms with van der Waals surface area (Å²) in [7, 11) is 3.27. The van der Waals surface area contributed by atoms with Gasteiger partial charge in [-0.1, -0.05) is 6.07 Å². The van der Waals surface area contributed by atoms with Crippen LogP contribution in [0.4, 0.5) is 0 Å². The van der Waals surface area contributed by atoms with E-state index in [1.54, 1.807) is 14.2 Å². The minimum absolute atomic E-state index is 0.250. The van der Waals surface area contributed by atoms with E-state index in [1.807, 2.05) is 24.3 Å². The van der Waals surface area contributed by atoms with Crippen LogP contribution in [0.2, 0.25) is 0 Å². The van der Waals surface area contributed by atoms with Crippen LogP contribution in [0.3, 0.4) is 0 Å². The van der Waals surface area contributed by atoms with Gasteiger partial charge in [0.05, 0.1) is 14.2 Å². The molecule has 0 fully saturated rings. The SMILES string of the molecule is COc1cccc(OC)c1.O=CO. The highest BCUT2D eigenvalue weighted by Gasteiger charge is 1.91. The summed E-state index contributed by atoms with van der Waals surface area (Å²) in [5, 5.41) is 6.89.